The van der Waals surface area contributed by atoms with Gasteiger partial charge in [0.25, 0.3) is 0 Å². The normalized spacial score (nSPS) is 9.78. The van der Waals surface area contributed by atoms with Gasteiger partial charge in [0.15, 0.2) is 0 Å². The minimum absolute atomic E-state index is 0.259. The van der Waals surface area contributed by atoms with Crippen molar-refractivity contribution >= 4 is 23.2 Å². The fourth-order valence-corrected chi connectivity index (χ4v) is 2.55. The maximum Gasteiger partial charge on any atom is 0.411 e. The van der Waals surface area contributed by atoms with Gasteiger partial charge in [-0.15, -0.1) is 5.92 Å². The smallest absolute Gasteiger partial charge is 0.411 e. The first kappa shape index (κ1) is 20.1. The molecule has 6 heteroatoms. The molecule has 1 amide bonds. The Morgan fingerprint density at radius 3 is 2.56 bits per heavy atom. The number of hydrogen-bond acceptors (Lipinski definition) is 4. The molecule has 142 valence electrons. The third-order valence-electron chi connectivity index (χ3n) is 3.88. The molecule has 0 aliphatic carbocycles. The van der Waals surface area contributed by atoms with Gasteiger partial charge in [-0.2, -0.15) is 0 Å². The number of benzene rings is 2. The largest absolute Gasteiger partial charge is 0.450 e. The van der Waals surface area contributed by atoms with Crippen LogP contribution in [-0.2, 0) is 11.3 Å². The highest BCUT2D eigenvalue weighted by atomic mass is 19.1. The van der Waals surface area contributed by atoms with Crippen LogP contribution in [0.4, 0.5) is 26.2 Å². The van der Waals surface area contributed by atoms with E-state index in [0.717, 1.165) is 16.9 Å². The first-order chi connectivity index (χ1) is 13.1. The highest BCUT2D eigenvalue weighted by molar-refractivity contribution is 5.90. The number of nitrogens with one attached hydrogen (secondary N) is 2. The second-order valence-corrected chi connectivity index (χ2v) is 5.73. The molecular weight excluding hydrogens is 345 g/mol. The molecule has 0 atom stereocenters. The number of anilines is 3. The minimum Gasteiger partial charge on any atom is -0.450 e. The number of hydrogen-bond donors (Lipinski definition) is 2. The van der Waals surface area contributed by atoms with Crippen LogP contribution in [0.25, 0.3) is 0 Å². The number of ether oxygens (including phenoxy) is 1. The lowest BCUT2D eigenvalue weighted by Crippen LogP contribution is -2.23. The average molecular weight is 369 g/mol. The van der Waals surface area contributed by atoms with Gasteiger partial charge in [0.05, 0.1) is 24.5 Å². The van der Waals surface area contributed by atoms with E-state index in [-0.39, 0.29) is 5.82 Å². The van der Waals surface area contributed by atoms with Crippen molar-refractivity contribution in [3.05, 3.63) is 53.8 Å². The molecule has 2 aromatic rings. The number of carbonyl (C=O) groups excluding carboxylic acids is 1. The van der Waals surface area contributed by atoms with Gasteiger partial charge in [0.1, 0.15) is 5.82 Å². The molecule has 0 bridgehead atoms. The minimum atomic E-state index is -0.498. The summed E-state index contributed by atoms with van der Waals surface area (Å²) < 4.78 is 18.1. The molecule has 2 rings (SSSR count). The summed E-state index contributed by atoms with van der Waals surface area (Å²) >= 11 is 0. The van der Waals surface area contributed by atoms with E-state index in [1.165, 1.54) is 12.1 Å². The zero-order chi connectivity index (χ0) is 19.6. The maximum absolute atomic E-state index is 13.2. The van der Waals surface area contributed by atoms with E-state index in [1.807, 2.05) is 18.2 Å². The van der Waals surface area contributed by atoms with E-state index >= 15 is 0 Å². The summed E-state index contributed by atoms with van der Waals surface area (Å²) in [6.07, 6.45) is -0.498. The summed E-state index contributed by atoms with van der Waals surface area (Å²) in [6, 6.07) is 12.1. The predicted molar refractivity (Wildman–Crippen MR) is 108 cm³/mol. The van der Waals surface area contributed by atoms with Crippen molar-refractivity contribution < 1.29 is 13.9 Å². The fraction of sp³-hybridized carbons (Fsp3) is 0.286. The first-order valence-electron chi connectivity index (χ1n) is 8.72. The summed E-state index contributed by atoms with van der Waals surface area (Å²) in [6.45, 7) is 4.97. The lowest BCUT2D eigenvalue weighted by atomic mass is 10.1. The van der Waals surface area contributed by atoms with Crippen LogP contribution >= 0.6 is 0 Å². The van der Waals surface area contributed by atoms with Gasteiger partial charge in [-0.1, -0.05) is 18.1 Å². The monoisotopic (exact) mass is 369 g/mol. The van der Waals surface area contributed by atoms with Crippen LogP contribution in [0.5, 0.6) is 0 Å². The lowest BCUT2D eigenvalue weighted by Gasteiger charge is -2.24. The van der Waals surface area contributed by atoms with E-state index in [9.17, 15) is 9.18 Å². The van der Waals surface area contributed by atoms with Crippen LogP contribution in [0.15, 0.2) is 42.5 Å². The zero-order valence-corrected chi connectivity index (χ0v) is 15.8. The van der Waals surface area contributed by atoms with Gasteiger partial charge in [0, 0.05) is 19.3 Å². The Hall–Kier alpha value is -3.20. The summed E-state index contributed by atoms with van der Waals surface area (Å²) in [5.74, 6) is 5.71. The number of carbonyl (C=O) groups is 1. The molecule has 0 heterocycles. The standard InChI is InChI=1S/C21H24FN3O2/c1-4-6-13-25(15-16-7-9-17(22)10-8-16)18-11-12-19(20(14-18)23-3)24-21(26)27-5-2/h7-12,14,23H,5,13,15H2,1-3H3,(H,24,26). The van der Waals surface area contributed by atoms with Crippen molar-refractivity contribution in [1.29, 1.82) is 0 Å². The Kier molecular flexibility index (Phi) is 7.50. The fourth-order valence-electron chi connectivity index (χ4n) is 2.55. The Morgan fingerprint density at radius 1 is 1.19 bits per heavy atom. The summed E-state index contributed by atoms with van der Waals surface area (Å²) in [5.41, 5.74) is 3.30. The summed E-state index contributed by atoms with van der Waals surface area (Å²) in [5, 5.41) is 5.80. The maximum atomic E-state index is 13.2. The molecule has 0 saturated carbocycles. The molecule has 0 aliphatic heterocycles. The zero-order valence-electron chi connectivity index (χ0n) is 15.8. The molecule has 0 radical (unpaired) electrons. The van der Waals surface area contributed by atoms with E-state index in [1.54, 1.807) is 33.0 Å². The quantitative estimate of drug-likeness (QED) is 0.707. The molecule has 0 saturated heterocycles. The SMILES string of the molecule is CC#CCN(Cc1ccc(F)cc1)c1ccc(NC(=O)OCC)c(NC)c1. The van der Waals surface area contributed by atoms with Crippen LogP contribution < -0.4 is 15.5 Å². The molecule has 0 fully saturated rings. The van der Waals surface area contributed by atoms with Gasteiger partial charge in [-0.05, 0) is 49.7 Å². The summed E-state index contributed by atoms with van der Waals surface area (Å²) in [7, 11) is 1.78. The number of rotatable bonds is 7. The molecule has 2 N–H and O–H groups in total. The highest BCUT2D eigenvalue weighted by Crippen LogP contribution is 2.28. The molecule has 0 spiro atoms. The van der Waals surface area contributed by atoms with Gasteiger partial charge in [-0.25, -0.2) is 9.18 Å². The van der Waals surface area contributed by atoms with E-state index < -0.39 is 6.09 Å². The second-order valence-electron chi connectivity index (χ2n) is 5.73. The molecule has 0 aromatic heterocycles. The Balaban J connectivity index is 2.26. The highest BCUT2D eigenvalue weighted by Gasteiger charge is 2.12. The summed E-state index contributed by atoms with van der Waals surface area (Å²) in [4.78, 5) is 13.8. The average Bonchev–Trinajstić information content (AvgIpc) is 2.67. The molecule has 5 nitrogen and oxygen atoms in total. The van der Waals surface area contributed by atoms with Crippen molar-refractivity contribution in [3.63, 3.8) is 0 Å². The van der Waals surface area contributed by atoms with E-state index in [4.69, 9.17) is 4.74 Å². The first-order valence-corrected chi connectivity index (χ1v) is 8.72. The number of amides is 1. The van der Waals surface area contributed by atoms with Crippen molar-refractivity contribution in [2.45, 2.75) is 20.4 Å². The Labute approximate surface area is 159 Å². The van der Waals surface area contributed by atoms with Crippen LogP contribution in [0.1, 0.15) is 19.4 Å². The van der Waals surface area contributed by atoms with Crippen molar-refractivity contribution in [3.8, 4) is 11.8 Å². The van der Waals surface area contributed by atoms with Gasteiger partial charge < -0.3 is 15.0 Å². The Bertz CT molecular complexity index is 826. The van der Waals surface area contributed by atoms with Crippen LogP contribution in [0.3, 0.4) is 0 Å². The predicted octanol–water partition coefficient (Wildman–Crippen LogP) is 4.47. The second kappa shape index (κ2) is 10.1. The molecule has 27 heavy (non-hydrogen) atoms. The molecule has 0 unspecified atom stereocenters. The van der Waals surface area contributed by atoms with Crippen molar-refractivity contribution in [2.24, 2.45) is 0 Å². The Morgan fingerprint density at radius 2 is 1.93 bits per heavy atom. The van der Waals surface area contributed by atoms with Crippen LogP contribution in [-0.4, -0.2) is 26.3 Å². The van der Waals surface area contributed by atoms with Gasteiger partial charge in [-0.3, -0.25) is 5.32 Å². The number of nitrogens with zero attached hydrogens (tertiary/aromatic N) is 1. The van der Waals surface area contributed by atoms with Crippen molar-refractivity contribution in [2.75, 3.05) is 35.7 Å². The van der Waals surface area contributed by atoms with Crippen LogP contribution in [0.2, 0.25) is 0 Å². The molecule has 2 aromatic carbocycles. The topological polar surface area (TPSA) is 53.6 Å². The van der Waals surface area contributed by atoms with Crippen LogP contribution in [0, 0.1) is 17.7 Å². The van der Waals surface area contributed by atoms with E-state index in [0.29, 0.717) is 25.4 Å². The number of halogens is 1. The third-order valence-corrected chi connectivity index (χ3v) is 3.88. The van der Waals surface area contributed by atoms with Gasteiger partial charge >= 0.3 is 6.09 Å². The third kappa shape index (κ3) is 5.93. The lowest BCUT2D eigenvalue weighted by molar-refractivity contribution is 0.168. The van der Waals surface area contributed by atoms with Gasteiger partial charge in [0.2, 0.25) is 0 Å². The van der Waals surface area contributed by atoms with E-state index in [2.05, 4.69) is 27.4 Å². The van der Waals surface area contributed by atoms with Crippen molar-refractivity contribution in [1.82, 2.24) is 0 Å². The molecule has 0 aliphatic rings. The molecular formula is C21H24FN3O2.